The topological polar surface area (TPSA) is 59.0 Å². The molecule has 0 fully saturated rings. The van der Waals surface area contributed by atoms with E-state index in [-0.39, 0.29) is 12.1 Å². The molecule has 1 unspecified atom stereocenters. The highest BCUT2D eigenvalue weighted by atomic mass is 35.5. The van der Waals surface area contributed by atoms with Gasteiger partial charge < -0.3 is 10.6 Å². The fourth-order valence-corrected chi connectivity index (χ4v) is 3.25. The smallest absolute Gasteiger partial charge is 0.315 e. The first-order chi connectivity index (χ1) is 11.7. The molecule has 2 amide bonds. The second-order valence-electron chi connectivity index (χ2n) is 5.21. The van der Waals surface area contributed by atoms with Crippen LogP contribution in [0.4, 0.5) is 4.79 Å². The van der Waals surface area contributed by atoms with Crippen molar-refractivity contribution in [3.63, 3.8) is 0 Å². The number of amides is 2. The summed E-state index contributed by atoms with van der Waals surface area (Å²) in [6, 6.07) is 13.1. The predicted molar refractivity (Wildman–Crippen MR) is 96.4 cm³/mol. The third kappa shape index (κ3) is 4.37. The average molecular weight is 361 g/mol. The van der Waals surface area contributed by atoms with Gasteiger partial charge in [0.25, 0.3) is 0 Å². The molecule has 0 spiro atoms. The van der Waals surface area contributed by atoms with E-state index >= 15 is 0 Å². The molecule has 2 heterocycles. The molecule has 3 rings (SSSR count). The lowest BCUT2D eigenvalue weighted by Crippen LogP contribution is -2.38. The Morgan fingerprint density at radius 1 is 1.21 bits per heavy atom. The molecule has 0 bridgehead atoms. The number of halogens is 1. The van der Waals surface area contributed by atoms with Gasteiger partial charge in [-0.3, -0.25) is 4.68 Å². The van der Waals surface area contributed by atoms with E-state index in [1.54, 1.807) is 29.7 Å². The summed E-state index contributed by atoms with van der Waals surface area (Å²) in [6.45, 7) is 0.920. The molecule has 0 saturated carbocycles. The quantitative estimate of drug-likeness (QED) is 0.704. The van der Waals surface area contributed by atoms with E-state index in [4.69, 9.17) is 11.6 Å². The van der Waals surface area contributed by atoms with Gasteiger partial charge in [-0.2, -0.15) is 5.10 Å². The van der Waals surface area contributed by atoms with Crippen LogP contribution in [0, 0.1) is 0 Å². The maximum absolute atomic E-state index is 12.1. The highest BCUT2D eigenvalue weighted by Crippen LogP contribution is 2.21. The number of nitrogens with one attached hydrogen (secondary N) is 2. The number of urea groups is 1. The Morgan fingerprint density at radius 2 is 2.04 bits per heavy atom. The maximum Gasteiger partial charge on any atom is 0.315 e. The monoisotopic (exact) mass is 360 g/mol. The van der Waals surface area contributed by atoms with Crippen LogP contribution in [-0.4, -0.2) is 22.4 Å². The van der Waals surface area contributed by atoms with Crippen molar-refractivity contribution in [2.75, 3.05) is 6.54 Å². The third-order valence-electron chi connectivity index (χ3n) is 3.54. The molecule has 1 atom stereocenters. The molecule has 3 aromatic rings. The zero-order valence-corrected chi connectivity index (χ0v) is 14.4. The van der Waals surface area contributed by atoms with Crippen molar-refractivity contribution in [2.45, 2.75) is 12.6 Å². The minimum atomic E-state index is -0.210. The van der Waals surface area contributed by atoms with Crippen molar-refractivity contribution >= 4 is 29.0 Å². The molecular formula is C17H17ClN4OS. The van der Waals surface area contributed by atoms with Gasteiger partial charge in [-0.05, 0) is 35.2 Å². The van der Waals surface area contributed by atoms with Crippen molar-refractivity contribution < 1.29 is 4.79 Å². The highest BCUT2D eigenvalue weighted by molar-refractivity contribution is 7.10. The largest absolute Gasteiger partial charge is 0.336 e. The summed E-state index contributed by atoms with van der Waals surface area (Å²) in [7, 11) is 0. The SMILES string of the molecule is O=C(NCc1ccc(Cl)cc1)NCC(c1cccs1)n1cccn1. The number of carbonyl (C=O) groups is 1. The van der Waals surface area contributed by atoms with Crippen LogP contribution < -0.4 is 10.6 Å². The Bertz CT molecular complexity index is 722. The molecule has 1 aromatic carbocycles. The summed E-state index contributed by atoms with van der Waals surface area (Å²) in [5, 5.41) is 12.7. The molecule has 2 aromatic heterocycles. The Kier molecular flexibility index (Phi) is 5.51. The minimum absolute atomic E-state index is 0.0127. The Morgan fingerprint density at radius 3 is 2.71 bits per heavy atom. The van der Waals surface area contributed by atoms with Crippen LogP contribution in [0.3, 0.4) is 0 Å². The van der Waals surface area contributed by atoms with E-state index in [9.17, 15) is 4.79 Å². The molecule has 0 aliphatic carbocycles. The van der Waals surface area contributed by atoms with Gasteiger partial charge in [-0.15, -0.1) is 11.3 Å². The number of rotatable bonds is 6. The van der Waals surface area contributed by atoms with Crippen LogP contribution in [0.15, 0.2) is 60.2 Å². The molecular weight excluding hydrogens is 344 g/mol. The first-order valence-electron chi connectivity index (χ1n) is 7.51. The standard InChI is InChI=1S/C17H17ClN4OS/c18-14-6-4-13(5-7-14)11-19-17(23)20-12-15(16-3-1-10-24-16)22-9-2-8-21-22/h1-10,15H,11-12H2,(H2,19,20,23). The van der Waals surface area contributed by atoms with Crippen LogP contribution in [0.5, 0.6) is 0 Å². The fourth-order valence-electron chi connectivity index (χ4n) is 2.31. The Hall–Kier alpha value is -2.31. The highest BCUT2D eigenvalue weighted by Gasteiger charge is 2.16. The molecule has 7 heteroatoms. The predicted octanol–water partition coefficient (Wildman–Crippen LogP) is 3.69. The summed E-state index contributed by atoms with van der Waals surface area (Å²) >= 11 is 7.50. The second-order valence-corrected chi connectivity index (χ2v) is 6.62. The first-order valence-corrected chi connectivity index (χ1v) is 8.77. The number of nitrogens with zero attached hydrogens (tertiary/aromatic N) is 2. The van der Waals surface area contributed by atoms with Crippen molar-refractivity contribution in [1.82, 2.24) is 20.4 Å². The Balaban J connectivity index is 1.54. The van der Waals surface area contributed by atoms with Crippen molar-refractivity contribution in [3.05, 3.63) is 75.7 Å². The normalized spacial score (nSPS) is 11.9. The Labute approximate surface area is 149 Å². The van der Waals surface area contributed by atoms with Gasteiger partial charge >= 0.3 is 6.03 Å². The second kappa shape index (κ2) is 7.99. The molecule has 0 saturated heterocycles. The maximum atomic E-state index is 12.1. The molecule has 0 radical (unpaired) electrons. The molecule has 2 N–H and O–H groups in total. The van der Waals surface area contributed by atoms with Crippen LogP contribution in [-0.2, 0) is 6.54 Å². The van der Waals surface area contributed by atoms with E-state index in [1.165, 1.54) is 0 Å². The lowest BCUT2D eigenvalue weighted by Gasteiger charge is -2.17. The van der Waals surface area contributed by atoms with E-state index < -0.39 is 0 Å². The molecule has 24 heavy (non-hydrogen) atoms. The van der Waals surface area contributed by atoms with Crippen molar-refractivity contribution in [3.8, 4) is 0 Å². The van der Waals surface area contributed by atoms with E-state index in [2.05, 4.69) is 15.7 Å². The first kappa shape index (κ1) is 16.5. The summed E-state index contributed by atoms with van der Waals surface area (Å²) in [5.74, 6) is 0. The number of thiophene rings is 1. The zero-order chi connectivity index (χ0) is 16.8. The number of hydrogen-bond donors (Lipinski definition) is 2. The van der Waals surface area contributed by atoms with Crippen molar-refractivity contribution in [2.24, 2.45) is 0 Å². The van der Waals surface area contributed by atoms with Crippen LogP contribution in [0.2, 0.25) is 5.02 Å². The van der Waals surface area contributed by atoms with Gasteiger partial charge in [0.15, 0.2) is 0 Å². The molecule has 5 nitrogen and oxygen atoms in total. The van der Waals surface area contributed by atoms with Gasteiger partial charge in [0.2, 0.25) is 0 Å². The summed E-state index contributed by atoms with van der Waals surface area (Å²) in [5.41, 5.74) is 0.997. The number of benzene rings is 1. The van der Waals surface area contributed by atoms with Gasteiger partial charge in [0, 0.05) is 35.4 Å². The van der Waals surface area contributed by atoms with E-state index in [1.807, 2.05) is 46.6 Å². The van der Waals surface area contributed by atoms with Crippen LogP contribution >= 0.6 is 22.9 Å². The number of carbonyl (C=O) groups excluding carboxylic acids is 1. The minimum Gasteiger partial charge on any atom is -0.336 e. The average Bonchev–Trinajstić information content (AvgIpc) is 3.29. The van der Waals surface area contributed by atoms with E-state index in [0.717, 1.165) is 10.4 Å². The molecule has 0 aliphatic rings. The van der Waals surface area contributed by atoms with Crippen LogP contribution in [0.1, 0.15) is 16.5 Å². The van der Waals surface area contributed by atoms with Gasteiger partial charge in [-0.1, -0.05) is 29.8 Å². The number of aromatic nitrogens is 2. The van der Waals surface area contributed by atoms with Crippen LogP contribution in [0.25, 0.3) is 0 Å². The number of hydrogen-bond acceptors (Lipinski definition) is 3. The van der Waals surface area contributed by atoms with Crippen molar-refractivity contribution in [1.29, 1.82) is 0 Å². The lowest BCUT2D eigenvalue weighted by atomic mass is 10.2. The summed E-state index contributed by atoms with van der Waals surface area (Å²) in [4.78, 5) is 13.2. The zero-order valence-electron chi connectivity index (χ0n) is 12.9. The van der Waals surface area contributed by atoms with E-state index in [0.29, 0.717) is 18.1 Å². The summed E-state index contributed by atoms with van der Waals surface area (Å²) < 4.78 is 1.85. The fraction of sp³-hybridized carbons (Fsp3) is 0.176. The third-order valence-corrected chi connectivity index (χ3v) is 4.76. The van der Waals surface area contributed by atoms with Gasteiger partial charge in [0.1, 0.15) is 6.04 Å². The summed E-state index contributed by atoms with van der Waals surface area (Å²) in [6.07, 6.45) is 3.64. The van der Waals surface area contributed by atoms with Gasteiger partial charge in [0.05, 0.1) is 0 Å². The van der Waals surface area contributed by atoms with Gasteiger partial charge in [-0.25, -0.2) is 4.79 Å². The molecule has 0 aliphatic heterocycles. The lowest BCUT2D eigenvalue weighted by molar-refractivity contribution is 0.239. The molecule has 124 valence electrons.